The molecule has 0 radical (unpaired) electrons. The summed E-state index contributed by atoms with van der Waals surface area (Å²) in [5, 5.41) is 8.88. The molecule has 4 aromatic rings. The van der Waals surface area contributed by atoms with Gasteiger partial charge in [0.25, 0.3) is 5.89 Å². The van der Waals surface area contributed by atoms with Crippen LogP contribution in [0, 0.1) is 6.92 Å². The van der Waals surface area contributed by atoms with Gasteiger partial charge in [0.05, 0.1) is 27.7 Å². The minimum absolute atomic E-state index is 0.0766. The standard InChI is InChI=1S/C25H19F3N4O2S/c1-14-8-10-16(11-9-14)21-20(23-30-22(31-34-23)19-7-4-12-35-19)15(2)32(24(33)29-21)18-6-3-5-17(13-18)25(26,27)28/h3-13,21H,1-2H3,(H,29,33). The maximum absolute atomic E-state index is 13.4. The van der Waals surface area contributed by atoms with Gasteiger partial charge < -0.3 is 9.84 Å². The normalized spacial score (nSPS) is 16.5. The van der Waals surface area contributed by atoms with Crippen molar-refractivity contribution in [1.82, 2.24) is 15.5 Å². The lowest BCUT2D eigenvalue weighted by Gasteiger charge is -2.35. The summed E-state index contributed by atoms with van der Waals surface area (Å²) in [7, 11) is 0. The number of hydrogen-bond acceptors (Lipinski definition) is 5. The number of nitrogens with one attached hydrogen (secondary N) is 1. The van der Waals surface area contributed by atoms with Crippen molar-refractivity contribution in [2.75, 3.05) is 4.90 Å². The Morgan fingerprint density at radius 2 is 1.83 bits per heavy atom. The average Bonchev–Trinajstić information content (AvgIpc) is 3.51. The van der Waals surface area contributed by atoms with Gasteiger partial charge in [-0.25, -0.2) is 4.79 Å². The molecule has 0 aliphatic carbocycles. The first-order chi connectivity index (χ1) is 16.7. The second-order valence-electron chi connectivity index (χ2n) is 8.08. The topological polar surface area (TPSA) is 71.3 Å². The van der Waals surface area contributed by atoms with E-state index in [-0.39, 0.29) is 11.6 Å². The lowest BCUT2D eigenvalue weighted by molar-refractivity contribution is -0.137. The highest BCUT2D eigenvalue weighted by molar-refractivity contribution is 7.13. The van der Waals surface area contributed by atoms with Crippen LogP contribution in [0.2, 0.25) is 0 Å². The van der Waals surface area contributed by atoms with E-state index in [9.17, 15) is 18.0 Å². The Bertz CT molecular complexity index is 1410. The van der Waals surface area contributed by atoms with E-state index in [1.807, 2.05) is 48.7 Å². The number of anilines is 1. The lowest BCUT2D eigenvalue weighted by Crippen LogP contribution is -2.46. The third-order valence-corrected chi connectivity index (χ3v) is 6.59. The van der Waals surface area contributed by atoms with E-state index in [4.69, 9.17) is 4.52 Å². The van der Waals surface area contributed by atoms with Crippen LogP contribution in [0.25, 0.3) is 16.3 Å². The highest BCUT2D eigenvalue weighted by Crippen LogP contribution is 2.40. The molecule has 10 heteroatoms. The molecule has 35 heavy (non-hydrogen) atoms. The van der Waals surface area contributed by atoms with Crippen LogP contribution in [0.1, 0.15) is 35.5 Å². The van der Waals surface area contributed by atoms with Gasteiger partial charge in [0, 0.05) is 5.70 Å². The summed E-state index contributed by atoms with van der Waals surface area (Å²) in [5.74, 6) is 0.564. The highest BCUT2D eigenvalue weighted by Gasteiger charge is 2.38. The fraction of sp³-hybridized carbons (Fsp3) is 0.160. The van der Waals surface area contributed by atoms with Crippen LogP contribution in [0.5, 0.6) is 0 Å². The van der Waals surface area contributed by atoms with Crippen LogP contribution in [-0.4, -0.2) is 16.2 Å². The number of nitrogens with zero attached hydrogens (tertiary/aromatic N) is 3. The first kappa shape index (κ1) is 22.9. The molecule has 0 bridgehead atoms. The second kappa shape index (κ2) is 8.70. The van der Waals surface area contributed by atoms with Crippen molar-refractivity contribution in [3.8, 4) is 10.7 Å². The Labute approximate surface area is 202 Å². The number of allylic oxidation sites excluding steroid dienone is 1. The Morgan fingerprint density at radius 3 is 2.51 bits per heavy atom. The van der Waals surface area contributed by atoms with Gasteiger partial charge in [0.1, 0.15) is 0 Å². The first-order valence-electron chi connectivity index (χ1n) is 10.7. The van der Waals surface area contributed by atoms with Gasteiger partial charge in [-0.05, 0) is 49.1 Å². The number of thiophene rings is 1. The van der Waals surface area contributed by atoms with Crippen LogP contribution < -0.4 is 10.2 Å². The molecule has 2 aromatic carbocycles. The number of carbonyl (C=O) groups is 1. The molecule has 0 fully saturated rings. The smallest absolute Gasteiger partial charge is 0.334 e. The molecule has 1 unspecified atom stereocenters. The minimum Gasteiger partial charge on any atom is -0.334 e. The summed E-state index contributed by atoms with van der Waals surface area (Å²) in [6.07, 6.45) is -4.55. The van der Waals surface area contributed by atoms with Crippen molar-refractivity contribution < 1.29 is 22.5 Å². The van der Waals surface area contributed by atoms with Crippen LogP contribution in [0.4, 0.5) is 23.7 Å². The van der Waals surface area contributed by atoms with Crippen molar-refractivity contribution >= 4 is 28.6 Å². The SMILES string of the molecule is CC1=C(c2nc(-c3cccs3)no2)C(c2ccc(C)cc2)NC(=O)N1c1cccc(C(F)(F)F)c1. The van der Waals surface area contributed by atoms with E-state index >= 15 is 0 Å². The van der Waals surface area contributed by atoms with E-state index in [1.54, 1.807) is 6.92 Å². The van der Waals surface area contributed by atoms with Gasteiger partial charge in [0.2, 0.25) is 5.82 Å². The molecule has 0 spiro atoms. The van der Waals surface area contributed by atoms with Gasteiger partial charge in [0.15, 0.2) is 0 Å². The van der Waals surface area contributed by atoms with Gasteiger partial charge in [-0.3, -0.25) is 4.90 Å². The van der Waals surface area contributed by atoms with Crippen molar-refractivity contribution in [2.24, 2.45) is 0 Å². The van der Waals surface area contributed by atoms with Crippen LogP contribution in [0.15, 0.2) is 76.3 Å². The summed E-state index contributed by atoms with van der Waals surface area (Å²) in [6, 6.07) is 14.7. The first-order valence-corrected chi connectivity index (χ1v) is 11.5. The number of alkyl halides is 3. The molecule has 178 valence electrons. The fourth-order valence-electron chi connectivity index (χ4n) is 4.00. The monoisotopic (exact) mass is 496 g/mol. The minimum atomic E-state index is -4.55. The van der Waals surface area contributed by atoms with E-state index in [1.165, 1.54) is 28.4 Å². The maximum Gasteiger partial charge on any atom is 0.416 e. The predicted molar refractivity (Wildman–Crippen MR) is 127 cm³/mol. The van der Waals surface area contributed by atoms with Gasteiger partial charge in [-0.15, -0.1) is 11.3 Å². The third kappa shape index (κ3) is 4.32. The summed E-state index contributed by atoms with van der Waals surface area (Å²) in [5.41, 5.74) is 1.93. The molecule has 1 atom stereocenters. The Kier molecular flexibility index (Phi) is 5.68. The molecule has 6 nitrogen and oxygen atoms in total. The third-order valence-electron chi connectivity index (χ3n) is 5.73. The number of carbonyl (C=O) groups excluding carboxylic acids is 1. The van der Waals surface area contributed by atoms with E-state index in [2.05, 4.69) is 15.5 Å². The number of halogens is 3. The van der Waals surface area contributed by atoms with E-state index in [0.29, 0.717) is 17.1 Å². The molecular formula is C25H19F3N4O2S. The number of benzene rings is 2. The maximum atomic E-state index is 13.4. The summed E-state index contributed by atoms with van der Waals surface area (Å²) >= 11 is 1.45. The van der Waals surface area contributed by atoms with Crippen LogP contribution >= 0.6 is 11.3 Å². The molecule has 0 saturated heterocycles. The van der Waals surface area contributed by atoms with Crippen molar-refractivity contribution in [2.45, 2.75) is 26.1 Å². The molecular weight excluding hydrogens is 477 g/mol. The van der Waals surface area contributed by atoms with E-state index in [0.717, 1.165) is 28.1 Å². The van der Waals surface area contributed by atoms with Crippen molar-refractivity contribution in [3.05, 3.63) is 94.3 Å². The quantitative estimate of drug-likeness (QED) is 0.336. The zero-order valence-electron chi connectivity index (χ0n) is 18.6. The number of aryl methyl sites for hydroxylation is 1. The molecule has 3 heterocycles. The van der Waals surface area contributed by atoms with Gasteiger partial charge in [-0.2, -0.15) is 18.2 Å². The number of urea groups is 1. The second-order valence-corrected chi connectivity index (χ2v) is 9.02. The number of hydrogen-bond donors (Lipinski definition) is 1. The predicted octanol–water partition coefficient (Wildman–Crippen LogP) is 6.83. The fourth-order valence-corrected chi connectivity index (χ4v) is 4.65. The number of amides is 2. The molecule has 2 aromatic heterocycles. The highest BCUT2D eigenvalue weighted by atomic mass is 32.1. The largest absolute Gasteiger partial charge is 0.416 e. The summed E-state index contributed by atoms with van der Waals surface area (Å²) in [6.45, 7) is 3.61. The van der Waals surface area contributed by atoms with Crippen LogP contribution in [-0.2, 0) is 6.18 Å². The van der Waals surface area contributed by atoms with Crippen LogP contribution in [0.3, 0.4) is 0 Å². The zero-order valence-corrected chi connectivity index (χ0v) is 19.4. The Hall–Kier alpha value is -3.92. The molecule has 1 aliphatic rings. The lowest BCUT2D eigenvalue weighted by atomic mass is 9.94. The number of rotatable bonds is 4. The average molecular weight is 497 g/mol. The number of aromatic nitrogens is 2. The zero-order chi connectivity index (χ0) is 24.7. The summed E-state index contributed by atoms with van der Waals surface area (Å²) in [4.78, 5) is 19.8. The molecule has 1 aliphatic heterocycles. The molecule has 1 N–H and O–H groups in total. The Balaban J connectivity index is 1.66. The molecule has 0 saturated carbocycles. The van der Waals surface area contributed by atoms with Crippen molar-refractivity contribution in [3.63, 3.8) is 0 Å². The molecule has 2 amide bonds. The van der Waals surface area contributed by atoms with E-state index < -0.39 is 23.8 Å². The summed E-state index contributed by atoms with van der Waals surface area (Å²) < 4.78 is 45.7. The molecule has 5 rings (SSSR count). The van der Waals surface area contributed by atoms with Crippen molar-refractivity contribution in [1.29, 1.82) is 0 Å². The van der Waals surface area contributed by atoms with Gasteiger partial charge in [-0.1, -0.05) is 47.1 Å². The van der Waals surface area contributed by atoms with Gasteiger partial charge >= 0.3 is 12.2 Å². The Morgan fingerprint density at radius 1 is 1.06 bits per heavy atom.